The summed E-state index contributed by atoms with van der Waals surface area (Å²) in [5.41, 5.74) is 34.9. The number of rotatable bonds is 33. The predicted molar refractivity (Wildman–Crippen MR) is 377 cm³/mol. The number of aromatic nitrogens is 2. The van der Waals surface area contributed by atoms with Gasteiger partial charge in [-0.25, -0.2) is 9.97 Å². The summed E-state index contributed by atoms with van der Waals surface area (Å²) in [6, 6.07) is 7.76. The first-order valence-electron chi connectivity index (χ1n) is 30.5. The molecular formula is C59H88N20O13S4. The smallest absolute Gasteiger partial charge is 0.303 e. The number of benzene rings is 2. The number of hydrogen-bond donors (Lipinski definition) is 16. The Balaban J connectivity index is 0.000000453. The van der Waals surface area contributed by atoms with Crippen LogP contribution in [-0.4, -0.2) is 188 Å². The molecule has 4 aromatic rings. The summed E-state index contributed by atoms with van der Waals surface area (Å²) in [5, 5.41) is 46.2. The van der Waals surface area contributed by atoms with E-state index in [9.17, 15) is 38.4 Å². The van der Waals surface area contributed by atoms with Crippen molar-refractivity contribution in [3.8, 4) is 0 Å². The molecular weight excluding hydrogens is 1330 g/mol. The number of fused-ring (bicyclic) bond motifs is 2. The molecule has 0 bridgehead atoms. The molecule has 526 valence electrons. The number of nitrogens with one attached hydrogen (secondary N) is 7. The number of amides is 7. The maximum atomic E-state index is 13.4. The van der Waals surface area contributed by atoms with E-state index in [0.717, 1.165) is 85.4 Å². The van der Waals surface area contributed by atoms with Crippen molar-refractivity contribution in [3.63, 3.8) is 0 Å². The van der Waals surface area contributed by atoms with Crippen LogP contribution < -0.4 is 71.6 Å². The van der Waals surface area contributed by atoms with Crippen molar-refractivity contribution in [2.24, 2.45) is 77.1 Å². The number of carbonyl (C=O) groups excluding carboxylic acids is 7. The topological polar surface area (TPSA) is 559 Å². The summed E-state index contributed by atoms with van der Waals surface area (Å²) >= 11 is 6.33. The highest BCUT2D eigenvalue weighted by Crippen LogP contribution is 2.31. The Labute approximate surface area is 571 Å². The van der Waals surface area contributed by atoms with Gasteiger partial charge < -0.3 is 86.9 Å². The third-order valence-corrected chi connectivity index (χ3v) is 17.9. The summed E-state index contributed by atoms with van der Waals surface area (Å²) in [4.78, 5) is 149. The van der Waals surface area contributed by atoms with Crippen molar-refractivity contribution in [1.29, 1.82) is 0 Å². The average molecular weight is 1410 g/mol. The molecule has 22 N–H and O–H groups in total. The Hall–Kier alpha value is -9.23. The molecule has 0 aliphatic carbocycles. The molecule has 0 saturated heterocycles. The van der Waals surface area contributed by atoms with Gasteiger partial charge in [-0.05, 0) is 87.3 Å². The van der Waals surface area contributed by atoms with Gasteiger partial charge in [-0.15, -0.1) is 46.2 Å². The maximum Gasteiger partial charge on any atom is 0.303 e. The number of nitrogens with zero attached hydrogens (tertiary/aromatic N) is 7. The zero-order valence-corrected chi connectivity index (χ0v) is 57.6. The van der Waals surface area contributed by atoms with Gasteiger partial charge in [0.05, 0.1) is 33.5 Å². The minimum Gasteiger partial charge on any atom is -0.481 e. The van der Waals surface area contributed by atoms with Crippen LogP contribution in [0.4, 0.5) is 11.4 Å². The largest absolute Gasteiger partial charge is 0.481 e. The van der Waals surface area contributed by atoms with Gasteiger partial charge in [0.25, 0.3) is 11.9 Å². The Morgan fingerprint density at radius 2 is 0.938 bits per heavy atom. The van der Waals surface area contributed by atoms with Gasteiger partial charge in [-0.1, -0.05) is 34.1 Å². The van der Waals surface area contributed by atoms with Crippen LogP contribution in [0.25, 0.3) is 20.4 Å². The van der Waals surface area contributed by atoms with Crippen molar-refractivity contribution < 1.29 is 63.3 Å². The first-order valence-corrected chi connectivity index (χ1v) is 34.1. The Kier molecular flexibility index (Phi) is 36.3. The first-order chi connectivity index (χ1) is 45.5. The lowest BCUT2D eigenvalue weighted by Crippen LogP contribution is -2.52. The molecule has 6 rings (SSSR count). The molecule has 96 heavy (non-hydrogen) atoms. The van der Waals surface area contributed by atoms with E-state index in [-0.39, 0.29) is 80.3 Å². The number of guanidine groups is 3. The molecule has 33 nitrogen and oxygen atoms in total. The molecule has 0 radical (unpaired) electrons. The fourth-order valence-corrected chi connectivity index (χ4v) is 12.3. The quantitative estimate of drug-likeness (QED) is 0.0183. The van der Waals surface area contributed by atoms with Gasteiger partial charge in [0.15, 0.2) is 17.9 Å². The Bertz CT molecular complexity index is 3450. The van der Waals surface area contributed by atoms with Crippen LogP contribution in [0, 0.1) is 17.8 Å². The number of aliphatic imine (C=N–C) groups is 5. The van der Waals surface area contributed by atoms with Gasteiger partial charge >= 0.3 is 5.97 Å². The molecule has 2 aliphatic heterocycles. The number of thioether (sulfide) groups is 2. The molecule has 2 aliphatic rings. The molecule has 2 aromatic carbocycles. The van der Waals surface area contributed by atoms with Crippen LogP contribution in [0.5, 0.6) is 0 Å². The van der Waals surface area contributed by atoms with Crippen molar-refractivity contribution in [2.45, 2.75) is 117 Å². The van der Waals surface area contributed by atoms with Gasteiger partial charge in [0, 0.05) is 87.7 Å². The Morgan fingerprint density at radius 1 is 0.542 bits per heavy atom. The fraction of sp³-hybridized carbons (Fsp3) is 0.508. The third kappa shape index (κ3) is 31.8. The van der Waals surface area contributed by atoms with Crippen LogP contribution in [0.3, 0.4) is 0 Å². The molecule has 0 fully saturated rings. The normalized spacial score (nSPS) is 13.9. The lowest BCUT2D eigenvalue weighted by Gasteiger charge is -2.23. The minimum atomic E-state index is -1.15. The molecule has 37 heteroatoms. The molecule has 2 aromatic heterocycles. The van der Waals surface area contributed by atoms with Crippen molar-refractivity contribution in [2.75, 3.05) is 68.0 Å². The number of carboxylic acids is 3. The number of anilines is 2. The molecule has 0 spiro atoms. The number of aliphatic carboxylic acids is 3. The lowest BCUT2D eigenvalue weighted by molar-refractivity contribution is -0.138. The number of nitrogens with two attached hydrogens (primary N) is 6. The second-order valence-corrected chi connectivity index (χ2v) is 25.8. The van der Waals surface area contributed by atoms with Crippen LogP contribution in [-0.2, 0) is 47.9 Å². The zero-order valence-electron chi connectivity index (χ0n) is 54.3. The van der Waals surface area contributed by atoms with E-state index in [1.165, 1.54) is 22.7 Å². The number of carboxylic acid groups (broad SMARTS) is 3. The van der Waals surface area contributed by atoms with Gasteiger partial charge in [-0.3, -0.25) is 72.9 Å². The minimum absolute atomic E-state index is 0.00260. The average Bonchev–Trinajstić information content (AvgIpc) is 1.67. The Morgan fingerprint density at radius 3 is 1.31 bits per heavy atom. The molecule has 7 amide bonds. The van der Waals surface area contributed by atoms with Gasteiger partial charge in [-0.2, -0.15) is 0 Å². The third-order valence-electron chi connectivity index (χ3n) is 13.6. The highest BCUT2D eigenvalue weighted by molar-refractivity contribution is 8.15. The van der Waals surface area contributed by atoms with E-state index in [4.69, 9.17) is 59.3 Å². The van der Waals surface area contributed by atoms with Crippen LogP contribution in [0.1, 0.15) is 109 Å². The van der Waals surface area contributed by atoms with E-state index < -0.39 is 78.0 Å². The predicted octanol–water partition coefficient (Wildman–Crippen LogP) is 1.67. The number of carbonyl (C=O) groups is 10. The van der Waals surface area contributed by atoms with Gasteiger partial charge in [0.2, 0.25) is 41.4 Å². The van der Waals surface area contributed by atoms with Crippen molar-refractivity contribution in [1.82, 2.24) is 36.6 Å². The fourth-order valence-electron chi connectivity index (χ4n) is 8.43. The first kappa shape index (κ1) is 81.0. The second-order valence-electron chi connectivity index (χ2n) is 21.6. The van der Waals surface area contributed by atoms with Crippen LogP contribution >= 0.6 is 46.2 Å². The van der Waals surface area contributed by atoms with Crippen LogP contribution in [0.15, 0.2) is 61.4 Å². The van der Waals surface area contributed by atoms with E-state index in [2.05, 4.69) is 72.1 Å². The molecule has 0 unspecified atom stereocenters. The monoisotopic (exact) mass is 1410 g/mol. The number of hydrogen-bond acceptors (Lipinski definition) is 21. The second kappa shape index (κ2) is 43.0. The highest BCUT2D eigenvalue weighted by Gasteiger charge is 2.29. The van der Waals surface area contributed by atoms with E-state index in [0.29, 0.717) is 50.1 Å². The van der Waals surface area contributed by atoms with E-state index in [1.54, 1.807) is 61.6 Å². The summed E-state index contributed by atoms with van der Waals surface area (Å²) in [6.45, 7) is 11.2. The standard InChI is InChI=1S/C30H43N9O6S2.C25H37N11O3S2.2C2H4O2/c1-4-16(2)17(3)25(43)38-21(9-10-24(41)42)26(44)35-15-23(40)37-20(6-5-11-34-30(31)32)27(45)36-18-7-8-19-22(14-18)47-29(39-19)28-33-12-13-46-28;1-14(4-2-8-31-24(26)27)20(38)33-13-19(37)35-17(5-3-9-32-25(28)29)21(39)34-15-6-7-16-18(12-15)41-23(36-16)22-30-10-11-40-22;2*1-2(3)4/h7-8,14,16-17,20-21H,4-6,9-13,15H2,1-3H3,(H,35,44)(H,36,45)(H,37,40)(H,38,43)(H,41,42)(H4,31,32,34);6-7,12,14,17H,2-5,8-11,13H2,1H3,(H,33,38)(H,34,39)(H,35,37)(H4,26,27,31)(H4,28,29,32);2*1H3,(H,3,4)/t16-,17-,20-,21-;14-,17+;;/m01../s1. The summed E-state index contributed by atoms with van der Waals surface area (Å²) < 4.78 is 1.78. The van der Waals surface area contributed by atoms with Crippen molar-refractivity contribution in [3.05, 3.63) is 46.4 Å². The zero-order chi connectivity index (χ0) is 71.4. The SMILES string of the molecule is CC(=O)O.CC(=O)O.CC[C@H](C)[C@H](C)C(=O)N[C@@H](CCC(=O)O)C(=O)NCC(=O)N[C@@H](CCCN=C(N)N)C(=O)Nc1ccc2nc(C3=NCCS3)sc2c1.C[C@H](CCCN=C(N)N)C(=O)NCC(=O)N[C@@H](CCCN=C(N)N)C(=O)Nc1ccc2nc(C3=NCCS3)sc2c1. The molecule has 0 saturated carbocycles. The summed E-state index contributed by atoms with van der Waals surface area (Å²) in [6.07, 6.45) is 2.71. The van der Waals surface area contributed by atoms with Crippen LogP contribution in [0.2, 0.25) is 0 Å². The molecule has 4 heterocycles. The van der Waals surface area contributed by atoms with E-state index >= 15 is 0 Å². The van der Waals surface area contributed by atoms with Gasteiger partial charge in [0.1, 0.15) is 38.2 Å². The number of thiazole rings is 2. The summed E-state index contributed by atoms with van der Waals surface area (Å²) in [5.74, 6) is -5.17. The molecule has 6 atom stereocenters. The lowest BCUT2D eigenvalue weighted by atomic mass is 9.92. The van der Waals surface area contributed by atoms with Crippen molar-refractivity contribution >= 4 is 165 Å². The van der Waals surface area contributed by atoms with E-state index in [1.807, 2.05) is 26.0 Å². The summed E-state index contributed by atoms with van der Waals surface area (Å²) in [7, 11) is 0. The maximum absolute atomic E-state index is 13.4. The highest BCUT2D eigenvalue weighted by atomic mass is 32.2.